The van der Waals surface area contributed by atoms with E-state index in [9.17, 15) is 0 Å². The molecule has 1 rings (SSSR count). The molecule has 0 aliphatic heterocycles. The molecule has 1 aromatic rings. The Morgan fingerprint density at radius 3 is 1.42 bits per heavy atom. The van der Waals surface area contributed by atoms with Gasteiger partial charge in [0, 0.05) is 5.33 Å². The van der Waals surface area contributed by atoms with Crippen LogP contribution in [0.5, 0.6) is 0 Å². The fourth-order valence-corrected chi connectivity index (χ4v) is 1.21. The van der Waals surface area contributed by atoms with Crippen LogP contribution in [0, 0.1) is 0 Å². The van der Waals surface area contributed by atoms with Crippen LogP contribution in [0.15, 0.2) is 36.4 Å². The van der Waals surface area contributed by atoms with E-state index in [1.807, 2.05) is 36.4 Å². The number of benzene rings is 1. The van der Waals surface area contributed by atoms with Gasteiger partial charge in [-0.25, -0.2) is 0 Å². The molecule has 0 heterocycles. The van der Waals surface area contributed by atoms with Crippen LogP contribution in [0.25, 0.3) is 0 Å². The Bertz CT molecular complexity index is 122. The van der Waals surface area contributed by atoms with E-state index in [4.69, 9.17) is 0 Å². The molecule has 0 N–H and O–H groups in total. The summed E-state index contributed by atoms with van der Waals surface area (Å²) in [7, 11) is 0. The summed E-state index contributed by atoms with van der Waals surface area (Å²) < 4.78 is 0. The van der Waals surface area contributed by atoms with Crippen LogP contribution >= 0.6 is 28.6 Å². The van der Waals surface area contributed by atoms with Crippen LogP contribution in [-0.2, 0) is 0 Å². The normalized spacial score (nSPS) is 8.50. The standard InChI is InChI=1S/C6H6.C4H9BrS/c1-2-4-6-5-3-1;5-3-1-2-4-6/h1-6H;6H,1-4H2. The summed E-state index contributed by atoms with van der Waals surface area (Å²) in [6.07, 6.45) is 2.48. The van der Waals surface area contributed by atoms with Crippen molar-refractivity contribution in [1.82, 2.24) is 0 Å². The van der Waals surface area contributed by atoms with Gasteiger partial charge in [0.15, 0.2) is 0 Å². The Morgan fingerprint density at radius 2 is 1.25 bits per heavy atom. The average Bonchev–Trinajstić information content (AvgIpc) is 2.18. The number of thiol groups is 1. The number of halogens is 1. The van der Waals surface area contributed by atoms with Crippen molar-refractivity contribution in [3.05, 3.63) is 36.4 Å². The molecule has 0 aliphatic rings. The molecule has 12 heavy (non-hydrogen) atoms. The van der Waals surface area contributed by atoms with Gasteiger partial charge in [-0.2, -0.15) is 12.6 Å². The van der Waals surface area contributed by atoms with Gasteiger partial charge in [-0.15, -0.1) is 0 Å². The Balaban J connectivity index is 0.000000202. The SMILES string of the molecule is SCCCCBr.c1ccccc1. The highest BCUT2D eigenvalue weighted by molar-refractivity contribution is 9.09. The van der Waals surface area contributed by atoms with E-state index in [1.54, 1.807) is 0 Å². The van der Waals surface area contributed by atoms with Gasteiger partial charge in [0.1, 0.15) is 0 Å². The molecule has 0 spiro atoms. The van der Waals surface area contributed by atoms with Crippen molar-refractivity contribution in [3.63, 3.8) is 0 Å². The van der Waals surface area contributed by atoms with Gasteiger partial charge in [-0.1, -0.05) is 52.3 Å². The van der Waals surface area contributed by atoms with Gasteiger partial charge >= 0.3 is 0 Å². The molecule has 0 saturated carbocycles. The highest BCUT2D eigenvalue weighted by Gasteiger charge is 1.77. The summed E-state index contributed by atoms with van der Waals surface area (Å²) in [6.45, 7) is 0. The second-order valence-electron chi connectivity index (χ2n) is 2.27. The minimum atomic E-state index is 1.02. The zero-order valence-corrected chi connectivity index (χ0v) is 9.60. The second kappa shape index (κ2) is 11.1. The quantitative estimate of drug-likeness (QED) is 0.469. The predicted molar refractivity (Wildman–Crippen MR) is 63.3 cm³/mol. The second-order valence-corrected chi connectivity index (χ2v) is 3.51. The molecule has 0 fully saturated rings. The molecule has 0 aliphatic carbocycles. The van der Waals surface area contributed by atoms with Crippen molar-refractivity contribution in [2.24, 2.45) is 0 Å². The van der Waals surface area contributed by atoms with Gasteiger partial charge in [-0.3, -0.25) is 0 Å². The van der Waals surface area contributed by atoms with E-state index in [-0.39, 0.29) is 0 Å². The van der Waals surface area contributed by atoms with Crippen molar-refractivity contribution in [2.45, 2.75) is 12.8 Å². The fraction of sp³-hybridized carbons (Fsp3) is 0.400. The monoisotopic (exact) mass is 246 g/mol. The number of hydrogen-bond acceptors (Lipinski definition) is 1. The Morgan fingerprint density at radius 1 is 0.833 bits per heavy atom. The molecule has 0 atom stereocenters. The summed E-state index contributed by atoms with van der Waals surface area (Å²) in [5.74, 6) is 1.02. The first-order valence-corrected chi connectivity index (χ1v) is 5.84. The third kappa shape index (κ3) is 10.0. The Kier molecular flexibility index (Phi) is 11.1. The maximum Gasteiger partial charge on any atom is 0.00315 e. The maximum absolute atomic E-state index is 4.03. The largest absolute Gasteiger partial charge is 0.179 e. The number of hydrogen-bond donors (Lipinski definition) is 1. The summed E-state index contributed by atoms with van der Waals surface area (Å²) in [5, 5.41) is 1.12. The van der Waals surface area contributed by atoms with Crippen molar-refractivity contribution < 1.29 is 0 Å². The van der Waals surface area contributed by atoms with Crippen LogP contribution in [0.2, 0.25) is 0 Å². The first kappa shape index (κ1) is 12.0. The molecule has 0 bridgehead atoms. The van der Waals surface area contributed by atoms with Gasteiger partial charge in [0.25, 0.3) is 0 Å². The lowest BCUT2D eigenvalue weighted by molar-refractivity contribution is 0.916. The first-order chi connectivity index (χ1) is 5.91. The lowest BCUT2D eigenvalue weighted by atomic mass is 10.4. The number of rotatable bonds is 3. The molecule has 2 heteroatoms. The Hall–Kier alpha value is 0.0500. The summed E-state index contributed by atoms with van der Waals surface area (Å²) in [6, 6.07) is 12.0. The van der Waals surface area contributed by atoms with Gasteiger partial charge in [0.05, 0.1) is 0 Å². The fourth-order valence-electron chi connectivity index (χ4n) is 0.591. The third-order valence-corrected chi connectivity index (χ3v) is 2.09. The summed E-state index contributed by atoms with van der Waals surface area (Å²) in [5.41, 5.74) is 0. The minimum Gasteiger partial charge on any atom is -0.179 e. The van der Waals surface area contributed by atoms with E-state index in [0.717, 1.165) is 11.1 Å². The Labute approximate surface area is 88.9 Å². The van der Waals surface area contributed by atoms with Gasteiger partial charge in [-0.05, 0) is 18.6 Å². The highest BCUT2D eigenvalue weighted by Crippen LogP contribution is 1.93. The molecule has 0 radical (unpaired) electrons. The van der Waals surface area contributed by atoms with Crippen LogP contribution in [0.1, 0.15) is 12.8 Å². The molecular weight excluding hydrogens is 232 g/mol. The zero-order chi connectivity index (χ0) is 9.07. The van der Waals surface area contributed by atoms with Crippen molar-refractivity contribution in [1.29, 1.82) is 0 Å². The number of alkyl halides is 1. The van der Waals surface area contributed by atoms with Crippen LogP contribution in [-0.4, -0.2) is 11.1 Å². The van der Waals surface area contributed by atoms with E-state index in [0.29, 0.717) is 0 Å². The molecule has 0 saturated heterocycles. The van der Waals surface area contributed by atoms with E-state index >= 15 is 0 Å². The smallest absolute Gasteiger partial charge is 0.00315 e. The molecule has 0 nitrogen and oxygen atoms in total. The van der Waals surface area contributed by atoms with Crippen LogP contribution in [0.4, 0.5) is 0 Å². The maximum atomic E-state index is 4.03. The summed E-state index contributed by atoms with van der Waals surface area (Å²) >= 11 is 7.35. The highest BCUT2D eigenvalue weighted by atomic mass is 79.9. The molecule has 0 aromatic heterocycles. The average molecular weight is 247 g/mol. The first-order valence-electron chi connectivity index (χ1n) is 4.08. The molecule has 0 unspecified atom stereocenters. The molecule has 0 amide bonds. The van der Waals surface area contributed by atoms with Crippen LogP contribution in [0.3, 0.4) is 0 Å². The van der Waals surface area contributed by atoms with Crippen molar-refractivity contribution in [3.8, 4) is 0 Å². The van der Waals surface area contributed by atoms with Crippen LogP contribution < -0.4 is 0 Å². The predicted octanol–water partition coefficient (Wildman–Crippen LogP) is 3.78. The molecule has 1 aromatic carbocycles. The third-order valence-electron chi connectivity index (χ3n) is 1.21. The van der Waals surface area contributed by atoms with E-state index in [1.165, 1.54) is 12.8 Å². The number of unbranched alkanes of at least 4 members (excludes halogenated alkanes) is 1. The van der Waals surface area contributed by atoms with Gasteiger partial charge in [0.2, 0.25) is 0 Å². The van der Waals surface area contributed by atoms with E-state index in [2.05, 4.69) is 28.6 Å². The lowest BCUT2D eigenvalue weighted by Crippen LogP contribution is -1.74. The lowest BCUT2D eigenvalue weighted by Gasteiger charge is -1.84. The van der Waals surface area contributed by atoms with E-state index < -0.39 is 0 Å². The minimum absolute atomic E-state index is 1.02. The van der Waals surface area contributed by atoms with Crippen molar-refractivity contribution in [2.75, 3.05) is 11.1 Å². The van der Waals surface area contributed by atoms with Crippen molar-refractivity contribution >= 4 is 28.6 Å². The topological polar surface area (TPSA) is 0 Å². The summed E-state index contributed by atoms with van der Waals surface area (Å²) in [4.78, 5) is 0. The molecule has 68 valence electrons. The molecular formula is C10H15BrS. The zero-order valence-electron chi connectivity index (χ0n) is 7.12. The van der Waals surface area contributed by atoms with Gasteiger partial charge < -0.3 is 0 Å².